The SMILES string of the molecule is CN(C)c1ncc2c(=O)[nH]c(C3CCN(C(=O)Cc4cn5ccsc5n4)CC3)cc2n1. The highest BCUT2D eigenvalue weighted by atomic mass is 32.1. The summed E-state index contributed by atoms with van der Waals surface area (Å²) < 4.78 is 1.95. The van der Waals surface area contributed by atoms with E-state index in [1.807, 2.05) is 52.1 Å². The molecule has 0 saturated carbocycles. The van der Waals surface area contributed by atoms with E-state index in [4.69, 9.17) is 0 Å². The maximum Gasteiger partial charge on any atom is 0.259 e. The van der Waals surface area contributed by atoms with Gasteiger partial charge in [0.05, 0.1) is 23.0 Å². The van der Waals surface area contributed by atoms with Gasteiger partial charge in [-0.1, -0.05) is 0 Å². The monoisotopic (exact) mass is 437 g/mol. The van der Waals surface area contributed by atoms with Crippen molar-refractivity contribution < 1.29 is 4.79 Å². The van der Waals surface area contributed by atoms with Crippen LogP contribution in [0, 0.1) is 0 Å². The minimum Gasteiger partial charge on any atom is -0.347 e. The molecule has 1 N–H and O–H groups in total. The first-order valence-corrected chi connectivity index (χ1v) is 11.1. The Morgan fingerprint density at radius 3 is 2.84 bits per heavy atom. The van der Waals surface area contributed by atoms with Gasteiger partial charge in [-0.2, -0.15) is 0 Å². The first-order chi connectivity index (χ1) is 15.0. The second kappa shape index (κ2) is 7.77. The van der Waals surface area contributed by atoms with Crippen LogP contribution < -0.4 is 10.5 Å². The van der Waals surface area contributed by atoms with E-state index >= 15 is 0 Å². The van der Waals surface area contributed by atoms with Crippen LogP contribution in [-0.4, -0.2) is 62.3 Å². The fourth-order valence-electron chi connectivity index (χ4n) is 4.06. The van der Waals surface area contributed by atoms with E-state index < -0.39 is 0 Å². The zero-order valence-electron chi connectivity index (χ0n) is 17.4. The molecule has 0 aromatic carbocycles. The number of imidazole rings is 1. The van der Waals surface area contributed by atoms with Crippen LogP contribution >= 0.6 is 11.3 Å². The van der Waals surface area contributed by atoms with E-state index in [9.17, 15) is 9.59 Å². The molecule has 0 atom stereocenters. The number of aromatic amines is 1. The molecule has 0 aliphatic carbocycles. The maximum atomic E-state index is 12.7. The summed E-state index contributed by atoms with van der Waals surface area (Å²) in [6, 6.07) is 1.95. The zero-order valence-corrected chi connectivity index (χ0v) is 18.2. The van der Waals surface area contributed by atoms with E-state index in [0.29, 0.717) is 36.4 Å². The van der Waals surface area contributed by atoms with Crippen LogP contribution in [0.3, 0.4) is 0 Å². The number of carbonyl (C=O) groups is 1. The van der Waals surface area contributed by atoms with Gasteiger partial charge in [0, 0.05) is 62.8 Å². The highest BCUT2D eigenvalue weighted by Crippen LogP contribution is 2.28. The van der Waals surface area contributed by atoms with E-state index in [2.05, 4.69) is 19.9 Å². The van der Waals surface area contributed by atoms with Gasteiger partial charge in [0.25, 0.3) is 5.56 Å². The summed E-state index contributed by atoms with van der Waals surface area (Å²) in [6.45, 7) is 1.33. The quantitative estimate of drug-likeness (QED) is 0.525. The number of nitrogens with zero attached hydrogens (tertiary/aromatic N) is 6. The van der Waals surface area contributed by atoms with Crippen LogP contribution in [0.2, 0.25) is 0 Å². The number of hydrogen-bond donors (Lipinski definition) is 1. The van der Waals surface area contributed by atoms with Crippen molar-refractivity contribution in [3.63, 3.8) is 0 Å². The summed E-state index contributed by atoms with van der Waals surface area (Å²) in [4.78, 5) is 46.1. The van der Waals surface area contributed by atoms with E-state index in [0.717, 1.165) is 29.2 Å². The first kappa shape index (κ1) is 19.7. The fraction of sp³-hybridized carbons (Fsp3) is 0.381. The molecule has 5 heterocycles. The lowest BCUT2D eigenvalue weighted by Gasteiger charge is -2.32. The molecule has 4 aromatic heterocycles. The number of anilines is 1. The number of thiazole rings is 1. The minimum atomic E-state index is -0.170. The molecule has 1 aliphatic heterocycles. The Balaban J connectivity index is 1.28. The second-order valence-corrected chi connectivity index (χ2v) is 8.95. The zero-order chi connectivity index (χ0) is 21.5. The van der Waals surface area contributed by atoms with Crippen LogP contribution in [0.4, 0.5) is 5.95 Å². The number of rotatable bonds is 4. The van der Waals surface area contributed by atoms with E-state index in [1.54, 1.807) is 17.5 Å². The molecule has 1 aliphatic rings. The van der Waals surface area contributed by atoms with Gasteiger partial charge >= 0.3 is 0 Å². The van der Waals surface area contributed by atoms with Crippen molar-refractivity contribution in [1.82, 2.24) is 29.2 Å². The highest BCUT2D eigenvalue weighted by Gasteiger charge is 2.25. The predicted molar refractivity (Wildman–Crippen MR) is 120 cm³/mol. The van der Waals surface area contributed by atoms with Crippen LogP contribution in [0.5, 0.6) is 0 Å². The molecule has 4 aromatic rings. The Morgan fingerprint density at radius 2 is 2.10 bits per heavy atom. The second-order valence-electron chi connectivity index (χ2n) is 8.07. The van der Waals surface area contributed by atoms with Gasteiger partial charge < -0.3 is 14.8 Å². The number of nitrogens with one attached hydrogen (secondary N) is 1. The van der Waals surface area contributed by atoms with Crippen molar-refractivity contribution >= 4 is 39.1 Å². The maximum absolute atomic E-state index is 12.7. The third-order valence-electron chi connectivity index (χ3n) is 5.76. The van der Waals surface area contributed by atoms with Crippen molar-refractivity contribution in [2.45, 2.75) is 25.2 Å². The number of piperidine rings is 1. The lowest BCUT2D eigenvalue weighted by Crippen LogP contribution is -2.39. The standard InChI is InChI=1S/C21H23N7O2S/c1-26(2)20-22-11-15-17(25-20)10-16(24-19(15)30)13-3-5-27(6-4-13)18(29)9-14-12-28-7-8-31-21(28)23-14/h7-8,10-13H,3-6,9H2,1-2H3,(H,24,30). The lowest BCUT2D eigenvalue weighted by atomic mass is 9.92. The van der Waals surface area contributed by atoms with Gasteiger partial charge in [-0.3, -0.25) is 14.0 Å². The molecule has 0 unspecified atom stereocenters. The highest BCUT2D eigenvalue weighted by molar-refractivity contribution is 7.15. The van der Waals surface area contributed by atoms with Crippen molar-refractivity contribution in [2.24, 2.45) is 0 Å². The Morgan fingerprint density at radius 1 is 1.29 bits per heavy atom. The molecule has 0 bridgehead atoms. The summed E-state index contributed by atoms with van der Waals surface area (Å²) in [5.41, 5.74) is 2.16. The smallest absolute Gasteiger partial charge is 0.259 e. The summed E-state index contributed by atoms with van der Waals surface area (Å²) >= 11 is 1.56. The number of carbonyl (C=O) groups excluding carboxylic acids is 1. The Kier molecular flexibility index (Phi) is 4.93. The lowest BCUT2D eigenvalue weighted by molar-refractivity contribution is -0.131. The molecule has 1 saturated heterocycles. The fourth-order valence-corrected chi connectivity index (χ4v) is 4.77. The largest absolute Gasteiger partial charge is 0.347 e. The van der Waals surface area contributed by atoms with Crippen molar-refractivity contribution in [2.75, 3.05) is 32.1 Å². The average molecular weight is 438 g/mol. The van der Waals surface area contributed by atoms with Crippen molar-refractivity contribution in [1.29, 1.82) is 0 Å². The summed E-state index contributed by atoms with van der Waals surface area (Å²) in [6.07, 6.45) is 7.36. The molecule has 31 heavy (non-hydrogen) atoms. The number of hydrogen-bond acceptors (Lipinski definition) is 7. The van der Waals surface area contributed by atoms with Gasteiger partial charge in [0.2, 0.25) is 11.9 Å². The van der Waals surface area contributed by atoms with Gasteiger partial charge in [-0.25, -0.2) is 15.0 Å². The Bertz CT molecular complexity index is 1290. The molecule has 0 spiro atoms. The van der Waals surface area contributed by atoms with Gasteiger partial charge in [0.1, 0.15) is 0 Å². The third kappa shape index (κ3) is 3.78. The number of H-pyrrole nitrogens is 1. The Labute approximate surface area is 182 Å². The number of pyridine rings is 1. The van der Waals surface area contributed by atoms with Crippen LogP contribution in [-0.2, 0) is 11.2 Å². The van der Waals surface area contributed by atoms with Gasteiger partial charge in [-0.15, -0.1) is 11.3 Å². The van der Waals surface area contributed by atoms with Crippen LogP contribution in [0.1, 0.15) is 30.1 Å². The van der Waals surface area contributed by atoms with Crippen LogP contribution in [0.15, 0.2) is 34.8 Å². The number of fused-ring (bicyclic) bond motifs is 2. The number of amides is 1. The minimum absolute atomic E-state index is 0.0968. The number of aromatic nitrogens is 5. The predicted octanol–water partition coefficient (Wildman–Crippen LogP) is 2.04. The molecule has 10 heteroatoms. The summed E-state index contributed by atoms with van der Waals surface area (Å²) in [7, 11) is 3.74. The van der Waals surface area contributed by atoms with Gasteiger partial charge in [0.15, 0.2) is 4.96 Å². The number of likely N-dealkylation sites (tertiary alicyclic amines) is 1. The van der Waals surface area contributed by atoms with Crippen molar-refractivity contribution in [3.05, 3.63) is 51.8 Å². The molecular weight excluding hydrogens is 414 g/mol. The van der Waals surface area contributed by atoms with Gasteiger partial charge in [-0.05, 0) is 18.9 Å². The van der Waals surface area contributed by atoms with E-state index in [1.165, 1.54) is 0 Å². The summed E-state index contributed by atoms with van der Waals surface area (Å²) in [5, 5.41) is 2.46. The first-order valence-electron chi connectivity index (χ1n) is 10.2. The summed E-state index contributed by atoms with van der Waals surface area (Å²) in [5.74, 6) is 0.861. The third-order valence-corrected chi connectivity index (χ3v) is 6.53. The normalized spacial score (nSPS) is 15.1. The average Bonchev–Trinajstić information content (AvgIpc) is 3.35. The molecule has 9 nitrogen and oxygen atoms in total. The molecular formula is C21H23N7O2S. The topological polar surface area (TPSA) is 99.5 Å². The van der Waals surface area contributed by atoms with Crippen molar-refractivity contribution in [3.8, 4) is 0 Å². The molecule has 1 amide bonds. The molecule has 5 rings (SSSR count). The molecule has 160 valence electrons. The molecule has 0 radical (unpaired) electrons. The molecule has 1 fully saturated rings. The Hall–Kier alpha value is -3.27. The van der Waals surface area contributed by atoms with E-state index in [-0.39, 0.29) is 17.4 Å². The van der Waals surface area contributed by atoms with Crippen LogP contribution in [0.25, 0.3) is 15.9 Å².